The van der Waals surface area contributed by atoms with E-state index in [1.165, 1.54) is 35.9 Å². The van der Waals surface area contributed by atoms with Crippen LogP contribution in [-0.2, 0) is 4.79 Å². The molecule has 0 bridgehead atoms. The van der Waals surface area contributed by atoms with E-state index in [2.05, 4.69) is 20.9 Å². The smallest absolute Gasteiger partial charge is 0.235 e. The van der Waals surface area contributed by atoms with E-state index in [0.717, 1.165) is 5.16 Å². The molecule has 2 aromatic rings. The third-order valence-electron chi connectivity index (χ3n) is 2.94. The van der Waals surface area contributed by atoms with Crippen LogP contribution in [0.1, 0.15) is 24.4 Å². The molecular weight excluding hydrogens is 292 g/mol. The highest BCUT2D eigenvalue weighted by molar-refractivity contribution is 7.99. The minimum Gasteiger partial charge on any atom is -0.323 e. The largest absolute Gasteiger partial charge is 0.323 e. The van der Waals surface area contributed by atoms with Crippen molar-refractivity contribution in [2.75, 3.05) is 11.1 Å². The number of carbonyl (C=O) groups excluding carboxylic acids is 1. The highest BCUT2D eigenvalue weighted by Crippen LogP contribution is 2.37. The predicted molar refractivity (Wildman–Crippen MR) is 78.9 cm³/mol. The van der Waals surface area contributed by atoms with Crippen LogP contribution in [0.3, 0.4) is 0 Å². The van der Waals surface area contributed by atoms with Gasteiger partial charge in [0.1, 0.15) is 11.1 Å². The molecule has 1 amide bonds. The molecule has 1 aliphatic rings. The van der Waals surface area contributed by atoms with Crippen molar-refractivity contribution in [1.29, 1.82) is 5.26 Å². The molecule has 0 aromatic carbocycles. The van der Waals surface area contributed by atoms with Gasteiger partial charge in [0, 0.05) is 18.4 Å². The molecule has 3 rings (SSSR count). The molecule has 0 radical (unpaired) electrons. The Morgan fingerprint density at radius 2 is 2.50 bits per heavy atom. The molecule has 2 aromatic heterocycles. The minimum atomic E-state index is -0.112. The van der Waals surface area contributed by atoms with E-state index in [-0.39, 0.29) is 5.91 Å². The van der Waals surface area contributed by atoms with Crippen molar-refractivity contribution in [2.45, 2.75) is 24.0 Å². The zero-order chi connectivity index (χ0) is 13.9. The molecule has 0 saturated heterocycles. The van der Waals surface area contributed by atoms with Crippen LogP contribution in [-0.4, -0.2) is 21.2 Å². The molecule has 1 aliphatic carbocycles. The van der Waals surface area contributed by atoms with Crippen LogP contribution in [0.4, 0.5) is 5.00 Å². The molecule has 1 saturated carbocycles. The number of nitrogens with zero attached hydrogens (tertiary/aromatic N) is 3. The van der Waals surface area contributed by atoms with Gasteiger partial charge in [-0.05, 0) is 24.3 Å². The van der Waals surface area contributed by atoms with Crippen LogP contribution in [0, 0.1) is 11.3 Å². The summed E-state index contributed by atoms with van der Waals surface area (Å²) in [6.45, 7) is 0. The number of hydrogen-bond acceptors (Lipinski definition) is 5. The highest BCUT2D eigenvalue weighted by atomic mass is 32.2. The first kappa shape index (κ1) is 13.2. The summed E-state index contributed by atoms with van der Waals surface area (Å²) in [7, 11) is 0. The van der Waals surface area contributed by atoms with E-state index in [1.807, 2.05) is 6.20 Å². The Balaban J connectivity index is 1.57. The Morgan fingerprint density at radius 1 is 1.65 bits per heavy atom. The van der Waals surface area contributed by atoms with Crippen LogP contribution >= 0.6 is 23.1 Å². The van der Waals surface area contributed by atoms with Gasteiger partial charge in [-0.1, -0.05) is 11.8 Å². The molecule has 102 valence electrons. The van der Waals surface area contributed by atoms with Gasteiger partial charge in [0.25, 0.3) is 0 Å². The van der Waals surface area contributed by atoms with Crippen molar-refractivity contribution in [3.63, 3.8) is 0 Å². The molecule has 0 spiro atoms. The van der Waals surface area contributed by atoms with Crippen LogP contribution in [0.5, 0.6) is 0 Å². The van der Waals surface area contributed by atoms with Crippen molar-refractivity contribution in [3.05, 3.63) is 29.4 Å². The third-order valence-corrected chi connectivity index (χ3v) is 4.76. The average molecular weight is 304 g/mol. The number of aromatic nitrogens is 2. The first-order valence-corrected chi connectivity index (χ1v) is 8.07. The van der Waals surface area contributed by atoms with Crippen LogP contribution in [0.25, 0.3) is 0 Å². The van der Waals surface area contributed by atoms with E-state index in [0.29, 0.717) is 22.4 Å². The first-order valence-electron chi connectivity index (χ1n) is 6.21. The number of carbonyl (C=O) groups is 1. The second-order valence-corrected chi connectivity index (χ2v) is 6.32. The molecule has 2 heterocycles. The monoisotopic (exact) mass is 304 g/mol. The Kier molecular flexibility index (Phi) is 3.76. The van der Waals surface area contributed by atoms with Gasteiger partial charge in [-0.15, -0.1) is 11.3 Å². The molecule has 20 heavy (non-hydrogen) atoms. The van der Waals surface area contributed by atoms with Crippen LogP contribution < -0.4 is 5.32 Å². The van der Waals surface area contributed by atoms with Crippen molar-refractivity contribution in [1.82, 2.24) is 9.55 Å². The van der Waals surface area contributed by atoms with E-state index in [1.54, 1.807) is 17.6 Å². The zero-order valence-corrected chi connectivity index (χ0v) is 12.2. The summed E-state index contributed by atoms with van der Waals surface area (Å²) in [4.78, 5) is 16.2. The zero-order valence-electron chi connectivity index (χ0n) is 10.6. The maximum atomic E-state index is 11.9. The minimum absolute atomic E-state index is 0.112. The Bertz CT molecular complexity index is 666. The average Bonchev–Trinajstić information content (AvgIpc) is 3.01. The lowest BCUT2D eigenvalue weighted by Gasteiger charge is -2.05. The van der Waals surface area contributed by atoms with E-state index < -0.39 is 0 Å². The standard InChI is InChI=1S/C13H12N4OS2/c14-7-9-3-6-19-12(9)16-11(18)8-20-13-15-4-5-17(13)10-1-2-10/h3-6,10H,1-2,8H2,(H,16,18). The van der Waals surface area contributed by atoms with Gasteiger partial charge >= 0.3 is 0 Å². The fraction of sp³-hybridized carbons (Fsp3) is 0.308. The molecule has 1 N–H and O–H groups in total. The number of nitrogens with one attached hydrogen (secondary N) is 1. The Hall–Kier alpha value is -1.78. The van der Waals surface area contributed by atoms with Gasteiger partial charge < -0.3 is 9.88 Å². The topological polar surface area (TPSA) is 70.7 Å². The van der Waals surface area contributed by atoms with Gasteiger partial charge in [-0.2, -0.15) is 5.26 Å². The van der Waals surface area contributed by atoms with Crippen molar-refractivity contribution in [3.8, 4) is 6.07 Å². The predicted octanol–water partition coefficient (Wildman–Crippen LogP) is 2.88. The molecule has 0 aliphatic heterocycles. The number of amides is 1. The number of thiophene rings is 1. The molecule has 0 atom stereocenters. The van der Waals surface area contributed by atoms with Crippen LogP contribution in [0.15, 0.2) is 29.0 Å². The summed E-state index contributed by atoms with van der Waals surface area (Å²) >= 11 is 2.79. The number of rotatable bonds is 5. The normalized spacial score (nSPS) is 13.9. The molecule has 7 heteroatoms. The Morgan fingerprint density at radius 3 is 3.25 bits per heavy atom. The summed E-state index contributed by atoms with van der Waals surface area (Å²) < 4.78 is 2.13. The number of anilines is 1. The molecular formula is C13H12N4OS2. The van der Waals surface area contributed by atoms with E-state index in [4.69, 9.17) is 5.26 Å². The number of imidazole rings is 1. The van der Waals surface area contributed by atoms with E-state index >= 15 is 0 Å². The maximum Gasteiger partial charge on any atom is 0.235 e. The van der Waals surface area contributed by atoms with Gasteiger partial charge in [0.2, 0.25) is 5.91 Å². The second kappa shape index (κ2) is 5.69. The maximum absolute atomic E-state index is 11.9. The van der Waals surface area contributed by atoms with Crippen LogP contribution in [0.2, 0.25) is 0 Å². The highest BCUT2D eigenvalue weighted by Gasteiger charge is 2.25. The molecule has 5 nitrogen and oxygen atoms in total. The lowest BCUT2D eigenvalue weighted by Crippen LogP contribution is -2.14. The summed E-state index contributed by atoms with van der Waals surface area (Å²) in [5, 5.41) is 14.9. The number of nitriles is 1. The third kappa shape index (κ3) is 2.86. The van der Waals surface area contributed by atoms with Crippen molar-refractivity contribution >= 4 is 34.0 Å². The van der Waals surface area contributed by atoms with Gasteiger partial charge in [-0.25, -0.2) is 4.98 Å². The first-order chi connectivity index (χ1) is 9.78. The summed E-state index contributed by atoms with van der Waals surface area (Å²) in [5.41, 5.74) is 0.507. The summed E-state index contributed by atoms with van der Waals surface area (Å²) in [5.74, 6) is 0.186. The molecule has 1 fully saturated rings. The number of thioether (sulfide) groups is 1. The summed E-state index contributed by atoms with van der Waals surface area (Å²) in [6.07, 6.45) is 6.12. The fourth-order valence-corrected chi connectivity index (χ4v) is 3.41. The van der Waals surface area contributed by atoms with Gasteiger partial charge in [0.05, 0.1) is 11.3 Å². The summed E-state index contributed by atoms with van der Waals surface area (Å²) in [6, 6.07) is 4.32. The van der Waals surface area contributed by atoms with Crippen molar-refractivity contribution in [2.24, 2.45) is 0 Å². The second-order valence-electron chi connectivity index (χ2n) is 4.46. The lowest BCUT2D eigenvalue weighted by molar-refractivity contribution is -0.113. The van der Waals surface area contributed by atoms with E-state index in [9.17, 15) is 4.79 Å². The number of hydrogen-bond donors (Lipinski definition) is 1. The SMILES string of the molecule is N#Cc1ccsc1NC(=O)CSc1nccn1C1CC1. The fourth-order valence-electron chi connectivity index (χ4n) is 1.83. The van der Waals surface area contributed by atoms with Gasteiger partial charge in [-0.3, -0.25) is 4.79 Å². The lowest BCUT2D eigenvalue weighted by atomic mass is 10.3. The van der Waals surface area contributed by atoms with Gasteiger partial charge in [0.15, 0.2) is 5.16 Å². The Labute approximate surface area is 124 Å². The van der Waals surface area contributed by atoms with Crippen molar-refractivity contribution < 1.29 is 4.79 Å². The quantitative estimate of drug-likeness (QED) is 0.862. The molecule has 0 unspecified atom stereocenters.